The van der Waals surface area contributed by atoms with Gasteiger partial charge in [-0.25, -0.2) is 14.6 Å². The third kappa shape index (κ3) is 3.71. The maximum Gasteiger partial charge on any atom is 0.343 e. The second-order valence-corrected chi connectivity index (χ2v) is 9.44. The Balaban J connectivity index is 1.50. The van der Waals surface area contributed by atoms with Crippen LogP contribution in [0.15, 0.2) is 50.9 Å². The molecule has 0 bridgehead atoms. The number of aromatic nitrogens is 4. The average molecular weight is 530 g/mol. The highest BCUT2D eigenvalue weighted by Crippen LogP contribution is 2.43. The molecular formula is C27H23N5O7. The molecule has 0 saturated heterocycles. The van der Waals surface area contributed by atoms with Crippen LogP contribution < -0.4 is 21.5 Å². The third-order valence-electron chi connectivity index (χ3n) is 7.30. The molecular weight excluding hydrogens is 506 g/mol. The van der Waals surface area contributed by atoms with E-state index < -0.39 is 28.4 Å². The molecule has 0 saturated carbocycles. The normalized spacial score (nSPS) is 17.3. The van der Waals surface area contributed by atoms with Crippen LogP contribution in [-0.4, -0.2) is 43.0 Å². The maximum atomic E-state index is 13.5. The van der Waals surface area contributed by atoms with Crippen LogP contribution in [0.3, 0.4) is 0 Å². The number of aliphatic hydroxyl groups is 1. The van der Waals surface area contributed by atoms with Gasteiger partial charge >= 0.3 is 11.7 Å². The minimum Gasteiger partial charge on any atom is -0.491 e. The van der Waals surface area contributed by atoms with Crippen molar-refractivity contribution in [1.82, 2.24) is 19.1 Å². The molecule has 0 fully saturated rings. The standard InChI is InChI=1S/C27H23N5O7/c1-2-27(37)18-10-20-22-16(12-32(20)24(34)17(18)13-39-25(27)35)23(15-9-14(11-28)3-4-19(15)29-22)38-8-7-31-6-5-21(33)30-26(31)36/h3-6,9-11,28,37H,2,7-8,12-13H2,1H3,(H,30,33,36)/t27-/m0/s1. The lowest BCUT2D eigenvalue weighted by atomic mass is 9.86. The number of carbonyl (C=O) groups is 1. The molecule has 12 nitrogen and oxygen atoms in total. The first-order valence-electron chi connectivity index (χ1n) is 12.3. The summed E-state index contributed by atoms with van der Waals surface area (Å²) in [7, 11) is 0. The minimum absolute atomic E-state index is 0.0324. The van der Waals surface area contributed by atoms with Gasteiger partial charge in [0.15, 0.2) is 5.60 Å². The Labute approximate surface area is 219 Å². The van der Waals surface area contributed by atoms with Crippen LogP contribution in [0.5, 0.6) is 5.75 Å². The highest BCUT2D eigenvalue weighted by molar-refractivity contribution is 5.95. The summed E-state index contributed by atoms with van der Waals surface area (Å²) >= 11 is 0. The summed E-state index contributed by atoms with van der Waals surface area (Å²) in [6.07, 6.45) is 2.61. The van der Waals surface area contributed by atoms with Crippen molar-refractivity contribution in [3.05, 3.63) is 90.0 Å². The van der Waals surface area contributed by atoms with Crippen molar-refractivity contribution in [3.63, 3.8) is 0 Å². The largest absolute Gasteiger partial charge is 0.491 e. The molecule has 0 unspecified atom stereocenters. The molecule has 198 valence electrons. The van der Waals surface area contributed by atoms with Crippen LogP contribution in [0, 0.1) is 5.41 Å². The quantitative estimate of drug-likeness (QED) is 0.216. The molecule has 39 heavy (non-hydrogen) atoms. The Morgan fingerprint density at radius 1 is 1.21 bits per heavy atom. The van der Waals surface area contributed by atoms with Crippen LogP contribution in [0.25, 0.3) is 22.3 Å². The molecule has 1 aromatic carbocycles. The van der Waals surface area contributed by atoms with Gasteiger partial charge in [-0.05, 0) is 30.2 Å². The van der Waals surface area contributed by atoms with Gasteiger partial charge in [-0.3, -0.25) is 19.1 Å². The Hall–Kier alpha value is -4.84. The predicted octanol–water partition coefficient (Wildman–Crippen LogP) is 1.01. The van der Waals surface area contributed by atoms with E-state index in [1.807, 2.05) is 0 Å². The van der Waals surface area contributed by atoms with Gasteiger partial charge in [0.1, 0.15) is 19.0 Å². The molecule has 3 aromatic heterocycles. The highest BCUT2D eigenvalue weighted by Gasteiger charge is 2.45. The number of H-pyrrole nitrogens is 1. The Morgan fingerprint density at radius 3 is 2.77 bits per heavy atom. The SMILES string of the molecule is CC[C@@]1(O)C(=O)OCc2c1cc1n(c2=O)Cc2c-1nc1ccc(C=N)cc1c2OCCn1ccc(=O)[nH]c1=O. The molecule has 6 rings (SSSR count). The number of rotatable bonds is 6. The molecule has 2 aliphatic rings. The molecule has 0 spiro atoms. The fraction of sp³-hybridized carbons (Fsp3) is 0.259. The number of esters is 1. The molecule has 0 aliphatic carbocycles. The summed E-state index contributed by atoms with van der Waals surface area (Å²) in [5.74, 6) is -0.359. The van der Waals surface area contributed by atoms with E-state index >= 15 is 0 Å². The van der Waals surface area contributed by atoms with Crippen molar-refractivity contribution in [1.29, 1.82) is 5.41 Å². The number of nitrogens with one attached hydrogen (secondary N) is 2. The predicted molar refractivity (Wildman–Crippen MR) is 139 cm³/mol. The molecule has 3 N–H and O–H groups in total. The van der Waals surface area contributed by atoms with Crippen molar-refractivity contribution in [2.24, 2.45) is 0 Å². The summed E-state index contributed by atoms with van der Waals surface area (Å²) < 4.78 is 14.2. The third-order valence-corrected chi connectivity index (χ3v) is 7.30. The smallest absolute Gasteiger partial charge is 0.343 e. The molecule has 1 atom stereocenters. The van der Waals surface area contributed by atoms with E-state index in [1.54, 1.807) is 31.2 Å². The molecule has 12 heteroatoms. The van der Waals surface area contributed by atoms with Gasteiger partial charge in [-0.15, -0.1) is 0 Å². The zero-order valence-corrected chi connectivity index (χ0v) is 20.8. The van der Waals surface area contributed by atoms with Crippen molar-refractivity contribution >= 4 is 23.1 Å². The number of cyclic esters (lactones) is 1. The van der Waals surface area contributed by atoms with E-state index in [2.05, 4.69) is 4.98 Å². The minimum atomic E-state index is -1.94. The Morgan fingerprint density at radius 2 is 2.03 bits per heavy atom. The fourth-order valence-electron chi connectivity index (χ4n) is 5.18. The number of fused-ring (bicyclic) bond motifs is 5. The number of benzene rings is 1. The van der Waals surface area contributed by atoms with Crippen molar-refractivity contribution < 1.29 is 19.4 Å². The van der Waals surface area contributed by atoms with Gasteiger partial charge in [0, 0.05) is 35.0 Å². The summed E-state index contributed by atoms with van der Waals surface area (Å²) in [6, 6.07) is 8.11. The number of hydrogen-bond donors (Lipinski definition) is 3. The highest BCUT2D eigenvalue weighted by atomic mass is 16.6. The lowest BCUT2D eigenvalue weighted by molar-refractivity contribution is -0.172. The topological polar surface area (TPSA) is 169 Å². The lowest BCUT2D eigenvalue weighted by Gasteiger charge is -2.31. The summed E-state index contributed by atoms with van der Waals surface area (Å²) in [6.45, 7) is 1.73. The van der Waals surface area contributed by atoms with Crippen LogP contribution in [0.2, 0.25) is 0 Å². The summed E-state index contributed by atoms with van der Waals surface area (Å²) in [5.41, 5.74) is -0.262. The summed E-state index contributed by atoms with van der Waals surface area (Å²) in [4.78, 5) is 56.5. The van der Waals surface area contributed by atoms with Crippen LogP contribution in [0.4, 0.5) is 0 Å². The van der Waals surface area contributed by atoms with Crippen LogP contribution >= 0.6 is 0 Å². The number of pyridine rings is 2. The van der Waals surface area contributed by atoms with E-state index in [0.29, 0.717) is 39.2 Å². The van der Waals surface area contributed by atoms with Gasteiger partial charge < -0.3 is 24.6 Å². The Bertz CT molecular complexity index is 1890. The molecule has 2 aliphatic heterocycles. The first-order chi connectivity index (χ1) is 18.7. The molecule has 5 heterocycles. The van der Waals surface area contributed by atoms with Crippen molar-refractivity contribution in [3.8, 4) is 17.1 Å². The monoisotopic (exact) mass is 529 g/mol. The second kappa shape index (κ2) is 8.88. The van der Waals surface area contributed by atoms with E-state index in [0.717, 1.165) is 0 Å². The van der Waals surface area contributed by atoms with Crippen LogP contribution in [0.1, 0.15) is 35.6 Å². The number of aromatic amines is 1. The maximum absolute atomic E-state index is 13.5. The Kier molecular flexibility index (Phi) is 5.57. The first-order valence-corrected chi connectivity index (χ1v) is 12.3. The van der Waals surface area contributed by atoms with E-state index in [4.69, 9.17) is 19.9 Å². The zero-order chi connectivity index (χ0) is 27.5. The van der Waals surface area contributed by atoms with Crippen molar-refractivity contribution in [2.45, 2.75) is 38.6 Å². The van der Waals surface area contributed by atoms with E-state index in [9.17, 15) is 24.3 Å². The number of carbonyl (C=O) groups excluding carboxylic acids is 1. The first kappa shape index (κ1) is 24.5. The fourth-order valence-corrected chi connectivity index (χ4v) is 5.18. The van der Waals surface area contributed by atoms with Gasteiger partial charge in [0.05, 0.1) is 35.6 Å². The van der Waals surface area contributed by atoms with Gasteiger partial charge in [-0.1, -0.05) is 13.0 Å². The van der Waals surface area contributed by atoms with Crippen molar-refractivity contribution in [2.75, 3.05) is 6.61 Å². The number of hydrogen-bond acceptors (Lipinski definition) is 9. The zero-order valence-electron chi connectivity index (χ0n) is 20.8. The average Bonchev–Trinajstić information content (AvgIpc) is 3.30. The lowest BCUT2D eigenvalue weighted by Crippen LogP contribution is -2.44. The second-order valence-electron chi connectivity index (χ2n) is 9.44. The van der Waals surface area contributed by atoms with Crippen LogP contribution in [-0.2, 0) is 34.8 Å². The van der Waals surface area contributed by atoms with Gasteiger partial charge in [-0.2, -0.15) is 0 Å². The van der Waals surface area contributed by atoms with E-state index in [1.165, 1.54) is 27.6 Å². The molecule has 0 radical (unpaired) electrons. The van der Waals surface area contributed by atoms with Gasteiger partial charge in [0.2, 0.25) is 0 Å². The molecule has 0 amide bonds. The number of nitrogens with zero attached hydrogens (tertiary/aromatic N) is 3. The number of ether oxygens (including phenoxy) is 2. The molecule has 4 aromatic rings. The van der Waals surface area contributed by atoms with Gasteiger partial charge in [0.25, 0.3) is 11.1 Å². The van der Waals surface area contributed by atoms with E-state index in [-0.39, 0.29) is 43.9 Å². The summed E-state index contributed by atoms with van der Waals surface area (Å²) in [5, 5.41) is 19.4.